The molecule has 0 saturated heterocycles. The van der Waals surface area contributed by atoms with Crippen LogP contribution in [0.5, 0.6) is 0 Å². The molecule has 0 N–H and O–H groups in total. The van der Waals surface area contributed by atoms with Gasteiger partial charge in [-0.1, -0.05) is 20.8 Å². The summed E-state index contributed by atoms with van der Waals surface area (Å²) in [4.78, 5) is 0. The third kappa shape index (κ3) is 8.60. The Hall–Kier alpha value is 0.605. The summed E-state index contributed by atoms with van der Waals surface area (Å²) in [5, 5.41) is 0. The van der Waals surface area contributed by atoms with Gasteiger partial charge in [-0.15, -0.1) is 22.9 Å². The quantitative estimate of drug-likeness (QED) is 0.576. The second kappa shape index (κ2) is 3.70. The van der Waals surface area contributed by atoms with Crippen LogP contribution in [0.4, 0.5) is 0 Å². The van der Waals surface area contributed by atoms with E-state index < -0.39 is 5.75 Å². The van der Waals surface area contributed by atoms with Crippen LogP contribution in [0.1, 0.15) is 20.8 Å². The van der Waals surface area contributed by atoms with Gasteiger partial charge < -0.3 is 4.65 Å². The minimum Gasteiger partial charge on any atom is -0.408 e. The fraction of sp³-hybridized carbons (Fsp3) is 1.00. The molecule has 0 amide bonds. The summed E-state index contributed by atoms with van der Waals surface area (Å²) in [6, 6.07) is 0. The smallest absolute Gasteiger partial charge is 0.408 e. The van der Waals surface area contributed by atoms with Crippen molar-refractivity contribution in [2.24, 2.45) is 5.41 Å². The van der Waals surface area contributed by atoms with E-state index in [1.165, 1.54) is 0 Å². The van der Waals surface area contributed by atoms with Crippen molar-refractivity contribution in [3.8, 4) is 0 Å². The van der Waals surface area contributed by atoms with Gasteiger partial charge in [-0.25, -0.2) is 0 Å². The number of hydrogen-bond donors (Lipinski definition) is 0. The van der Waals surface area contributed by atoms with E-state index in [1.54, 1.807) is 0 Å². The second-order valence-electron chi connectivity index (χ2n) is 3.13. The molecule has 0 radical (unpaired) electrons. The Labute approximate surface area is 66.6 Å². The van der Waals surface area contributed by atoms with Crippen LogP contribution < -0.4 is 0 Å². The fourth-order valence-electron chi connectivity index (χ4n) is 0.313. The van der Waals surface area contributed by atoms with Crippen LogP contribution in [0.2, 0.25) is 0 Å². The number of halogens is 2. The molecule has 4 heteroatoms. The van der Waals surface area contributed by atoms with Gasteiger partial charge in [0.05, 0.1) is 0 Å². The topological polar surface area (TPSA) is 9.23 Å². The summed E-state index contributed by atoms with van der Waals surface area (Å²) >= 11 is 10.7. The van der Waals surface area contributed by atoms with E-state index in [1.807, 2.05) is 0 Å². The maximum absolute atomic E-state index is 5.33. The molecule has 0 aromatic rings. The maximum atomic E-state index is 5.33. The molecule has 0 atom stereocenters. The van der Waals surface area contributed by atoms with Crippen molar-refractivity contribution >= 4 is 28.7 Å². The highest BCUT2D eigenvalue weighted by atomic mass is 35.5. The normalized spacial score (nSPS) is 11.7. The van der Waals surface area contributed by atoms with Gasteiger partial charge in [0.1, 0.15) is 0 Å². The highest BCUT2D eigenvalue weighted by Crippen LogP contribution is 2.14. The number of hydrogen-bond acceptors (Lipinski definition) is 1. The zero-order valence-corrected chi connectivity index (χ0v) is 7.46. The predicted octanol–water partition coefficient (Wildman–Crippen LogP) is 2.51. The molecule has 54 valence electrons. The van der Waals surface area contributed by atoms with Crippen LogP contribution in [0, 0.1) is 5.41 Å². The molecular formula is C5H11BCl2O. The van der Waals surface area contributed by atoms with Gasteiger partial charge >= 0.3 is 5.75 Å². The highest BCUT2D eigenvalue weighted by Gasteiger charge is 2.14. The Balaban J connectivity index is 3.28. The van der Waals surface area contributed by atoms with Crippen molar-refractivity contribution in [2.45, 2.75) is 20.8 Å². The summed E-state index contributed by atoms with van der Waals surface area (Å²) in [7, 11) is 0. The predicted molar refractivity (Wildman–Crippen MR) is 42.9 cm³/mol. The van der Waals surface area contributed by atoms with Crippen LogP contribution in [0.25, 0.3) is 0 Å². The first-order valence-electron chi connectivity index (χ1n) is 2.81. The van der Waals surface area contributed by atoms with E-state index in [4.69, 9.17) is 27.6 Å². The van der Waals surface area contributed by atoms with E-state index in [2.05, 4.69) is 20.8 Å². The summed E-state index contributed by atoms with van der Waals surface area (Å²) in [6.45, 7) is 6.76. The fourth-order valence-corrected chi connectivity index (χ4v) is 0.439. The minimum absolute atomic E-state index is 0.141. The van der Waals surface area contributed by atoms with Crippen LogP contribution >= 0.6 is 22.9 Å². The third-order valence-electron chi connectivity index (χ3n) is 0.642. The summed E-state index contributed by atoms with van der Waals surface area (Å²) < 4.78 is 4.94. The van der Waals surface area contributed by atoms with Crippen molar-refractivity contribution in [2.75, 3.05) is 6.61 Å². The monoisotopic (exact) mass is 168 g/mol. The molecule has 0 saturated carbocycles. The first-order valence-corrected chi connectivity index (χ1v) is 3.69. The summed E-state index contributed by atoms with van der Waals surface area (Å²) in [5.74, 6) is -0.691. The zero-order chi connectivity index (χ0) is 7.49. The lowest BCUT2D eigenvalue weighted by Crippen LogP contribution is -2.17. The van der Waals surface area contributed by atoms with Gasteiger partial charge in [0, 0.05) is 6.61 Å². The summed E-state index contributed by atoms with van der Waals surface area (Å²) in [6.07, 6.45) is 0. The van der Waals surface area contributed by atoms with Gasteiger partial charge in [0.15, 0.2) is 0 Å². The average Bonchev–Trinajstić information content (AvgIpc) is 1.59. The molecule has 0 rings (SSSR count). The lowest BCUT2D eigenvalue weighted by atomic mass is 9.98. The van der Waals surface area contributed by atoms with Crippen molar-refractivity contribution < 1.29 is 4.65 Å². The Morgan fingerprint density at radius 3 is 1.89 bits per heavy atom. The van der Waals surface area contributed by atoms with Gasteiger partial charge in [-0.05, 0) is 5.41 Å². The maximum Gasteiger partial charge on any atom is 0.508 e. The molecule has 0 fully saturated rings. The molecule has 0 aliphatic rings. The van der Waals surface area contributed by atoms with Crippen molar-refractivity contribution in [3.63, 3.8) is 0 Å². The molecule has 9 heavy (non-hydrogen) atoms. The molecule has 0 aromatic heterocycles. The second-order valence-corrected chi connectivity index (χ2v) is 4.15. The molecule has 1 nitrogen and oxygen atoms in total. The van der Waals surface area contributed by atoms with E-state index >= 15 is 0 Å². The first kappa shape index (κ1) is 9.60. The van der Waals surface area contributed by atoms with Gasteiger partial charge in [-0.3, -0.25) is 0 Å². The van der Waals surface area contributed by atoms with Crippen LogP contribution in [0.15, 0.2) is 0 Å². The minimum atomic E-state index is -0.691. The Morgan fingerprint density at radius 1 is 1.33 bits per heavy atom. The largest absolute Gasteiger partial charge is 0.508 e. The molecule has 0 spiro atoms. The van der Waals surface area contributed by atoms with Crippen LogP contribution in [-0.4, -0.2) is 12.4 Å². The van der Waals surface area contributed by atoms with E-state index in [0.717, 1.165) is 0 Å². The third-order valence-corrected chi connectivity index (χ3v) is 0.894. The van der Waals surface area contributed by atoms with Gasteiger partial charge in [-0.2, -0.15) is 0 Å². The average molecular weight is 169 g/mol. The SMILES string of the molecule is CC(C)(C)COB(Cl)Cl. The molecule has 0 aliphatic heterocycles. The molecule has 0 heterocycles. The molecular weight excluding hydrogens is 158 g/mol. The van der Waals surface area contributed by atoms with Gasteiger partial charge in [0.25, 0.3) is 0 Å². The molecule has 0 bridgehead atoms. The van der Waals surface area contributed by atoms with E-state index in [9.17, 15) is 0 Å². The molecule has 0 aliphatic carbocycles. The number of rotatable bonds is 2. The zero-order valence-electron chi connectivity index (χ0n) is 5.95. The molecule has 0 aromatic carbocycles. The summed E-state index contributed by atoms with van der Waals surface area (Å²) in [5.41, 5.74) is 0.141. The Morgan fingerprint density at radius 2 is 1.78 bits per heavy atom. The van der Waals surface area contributed by atoms with E-state index in [-0.39, 0.29) is 5.41 Å². The Bertz CT molecular complexity index is 79.5. The van der Waals surface area contributed by atoms with Crippen molar-refractivity contribution in [1.29, 1.82) is 0 Å². The van der Waals surface area contributed by atoms with Crippen LogP contribution in [0.3, 0.4) is 0 Å². The first-order chi connectivity index (χ1) is 3.92. The lowest BCUT2D eigenvalue weighted by molar-refractivity contribution is 0.208. The lowest BCUT2D eigenvalue weighted by Gasteiger charge is -2.17. The van der Waals surface area contributed by atoms with Crippen molar-refractivity contribution in [3.05, 3.63) is 0 Å². The van der Waals surface area contributed by atoms with Crippen LogP contribution in [-0.2, 0) is 4.65 Å². The van der Waals surface area contributed by atoms with E-state index in [0.29, 0.717) is 6.61 Å². The molecule has 0 unspecified atom stereocenters. The van der Waals surface area contributed by atoms with Crippen molar-refractivity contribution in [1.82, 2.24) is 0 Å². The highest BCUT2D eigenvalue weighted by molar-refractivity contribution is 7.30. The Kier molecular flexibility index (Phi) is 3.94. The standard InChI is InChI=1S/C5H11BCl2O/c1-5(2,3)4-9-6(7)8/h4H2,1-3H3. The van der Waals surface area contributed by atoms with Gasteiger partial charge in [0.2, 0.25) is 0 Å².